The van der Waals surface area contributed by atoms with Crippen molar-refractivity contribution in [3.63, 3.8) is 0 Å². The highest BCUT2D eigenvalue weighted by molar-refractivity contribution is 7.99. The molecule has 0 aliphatic heterocycles. The molecule has 1 amide bonds. The van der Waals surface area contributed by atoms with E-state index in [0.29, 0.717) is 5.75 Å². The van der Waals surface area contributed by atoms with E-state index in [4.69, 9.17) is 0 Å². The lowest BCUT2D eigenvalue weighted by Gasteiger charge is -2.18. The fourth-order valence-electron chi connectivity index (χ4n) is 2.66. The van der Waals surface area contributed by atoms with Crippen LogP contribution in [0.3, 0.4) is 0 Å². The van der Waals surface area contributed by atoms with Crippen molar-refractivity contribution in [1.82, 2.24) is 5.32 Å². The first kappa shape index (κ1) is 18.6. The molecule has 0 saturated heterocycles. The van der Waals surface area contributed by atoms with E-state index in [1.165, 1.54) is 27.8 Å². The van der Waals surface area contributed by atoms with Crippen LogP contribution in [0.2, 0.25) is 0 Å². The highest BCUT2D eigenvalue weighted by atomic mass is 32.2. The van der Waals surface area contributed by atoms with Gasteiger partial charge in [-0.2, -0.15) is 0 Å². The lowest BCUT2D eigenvalue weighted by molar-refractivity contribution is -0.119. The van der Waals surface area contributed by atoms with Crippen molar-refractivity contribution in [2.75, 3.05) is 5.75 Å². The molecule has 2 nitrogen and oxygen atoms in total. The van der Waals surface area contributed by atoms with Gasteiger partial charge in [0.2, 0.25) is 5.91 Å². The molecule has 0 aliphatic rings. The maximum atomic E-state index is 12.3. The first-order chi connectivity index (χ1) is 11.5. The normalized spacial score (nSPS) is 12.0. The van der Waals surface area contributed by atoms with Gasteiger partial charge in [-0.1, -0.05) is 49.4 Å². The van der Waals surface area contributed by atoms with Crippen molar-refractivity contribution in [2.45, 2.75) is 45.9 Å². The maximum Gasteiger partial charge on any atom is 0.230 e. The Morgan fingerprint density at radius 1 is 1.04 bits per heavy atom. The number of hydrogen-bond donors (Lipinski definition) is 1. The summed E-state index contributed by atoms with van der Waals surface area (Å²) in [5, 5.41) is 3.17. The zero-order valence-electron chi connectivity index (χ0n) is 15.1. The zero-order chi connectivity index (χ0) is 17.5. The Hall–Kier alpha value is -1.74. The van der Waals surface area contributed by atoms with Crippen LogP contribution >= 0.6 is 11.8 Å². The predicted molar refractivity (Wildman–Crippen MR) is 104 cm³/mol. The van der Waals surface area contributed by atoms with Gasteiger partial charge in [0, 0.05) is 5.75 Å². The molecule has 0 saturated carbocycles. The Bertz CT molecular complexity index is 696. The number of carbonyl (C=O) groups is 1. The summed E-state index contributed by atoms with van der Waals surface area (Å²) in [4.78, 5) is 12.3. The van der Waals surface area contributed by atoms with E-state index in [2.05, 4.69) is 69.4 Å². The van der Waals surface area contributed by atoms with Gasteiger partial charge in [0.1, 0.15) is 0 Å². The second-order valence-electron chi connectivity index (χ2n) is 6.29. The molecule has 0 radical (unpaired) electrons. The topological polar surface area (TPSA) is 29.1 Å². The minimum absolute atomic E-state index is 0.0934. The molecular weight excluding hydrogens is 314 g/mol. The number of hydrogen-bond acceptors (Lipinski definition) is 2. The lowest BCUT2D eigenvalue weighted by Crippen LogP contribution is -2.29. The fourth-order valence-corrected chi connectivity index (χ4v) is 3.58. The predicted octanol–water partition coefficient (Wildman–Crippen LogP) is 5.11. The molecule has 24 heavy (non-hydrogen) atoms. The van der Waals surface area contributed by atoms with Crippen LogP contribution in [0.4, 0.5) is 0 Å². The van der Waals surface area contributed by atoms with Gasteiger partial charge >= 0.3 is 0 Å². The fraction of sp³-hybridized carbons (Fsp3) is 0.381. The molecule has 0 unspecified atom stereocenters. The summed E-state index contributed by atoms with van der Waals surface area (Å²) in [7, 11) is 0. The SMILES string of the molecule is CC[C@H](NC(=O)CSCc1ccccc1C)c1ccc(C)c(C)c1. The van der Waals surface area contributed by atoms with Crippen LogP contribution in [-0.4, -0.2) is 11.7 Å². The average molecular weight is 342 g/mol. The van der Waals surface area contributed by atoms with E-state index in [0.717, 1.165) is 12.2 Å². The second kappa shape index (κ2) is 8.93. The van der Waals surface area contributed by atoms with Crippen LogP contribution in [0.25, 0.3) is 0 Å². The van der Waals surface area contributed by atoms with Gasteiger partial charge in [-0.15, -0.1) is 11.8 Å². The Labute approximate surface area is 150 Å². The van der Waals surface area contributed by atoms with E-state index in [1.807, 2.05) is 6.07 Å². The van der Waals surface area contributed by atoms with E-state index >= 15 is 0 Å². The number of carbonyl (C=O) groups excluding carboxylic acids is 1. The maximum absolute atomic E-state index is 12.3. The molecule has 128 valence electrons. The minimum atomic E-state index is 0.0934. The van der Waals surface area contributed by atoms with Gasteiger partial charge in [0.15, 0.2) is 0 Å². The van der Waals surface area contributed by atoms with Crippen molar-refractivity contribution in [3.05, 3.63) is 70.3 Å². The Balaban J connectivity index is 1.88. The zero-order valence-corrected chi connectivity index (χ0v) is 15.9. The summed E-state index contributed by atoms with van der Waals surface area (Å²) in [6.07, 6.45) is 0.900. The van der Waals surface area contributed by atoms with Crippen LogP contribution in [0, 0.1) is 20.8 Å². The molecule has 0 bridgehead atoms. The molecule has 0 heterocycles. The first-order valence-electron chi connectivity index (χ1n) is 8.50. The summed E-state index contributed by atoms with van der Waals surface area (Å²) in [6.45, 7) is 8.45. The van der Waals surface area contributed by atoms with Crippen LogP contribution in [0.5, 0.6) is 0 Å². The highest BCUT2D eigenvalue weighted by Crippen LogP contribution is 2.21. The van der Waals surface area contributed by atoms with Crippen LogP contribution in [-0.2, 0) is 10.5 Å². The third kappa shape index (κ3) is 5.13. The molecule has 0 aromatic heterocycles. The molecule has 2 aromatic carbocycles. The van der Waals surface area contributed by atoms with E-state index < -0.39 is 0 Å². The summed E-state index contributed by atoms with van der Waals surface area (Å²) < 4.78 is 0. The van der Waals surface area contributed by atoms with Crippen molar-refractivity contribution in [2.24, 2.45) is 0 Å². The van der Waals surface area contributed by atoms with Crippen LogP contribution in [0.15, 0.2) is 42.5 Å². The molecule has 0 aliphatic carbocycles. The molecule has 3 heteroatoms. The number of rotatable bonds is 7. The van der Waals surface area contributed by atoms with Crippen molar-refractivity contribution in [3.8, 4) is 0 Å². The van der Waals surface area contributed by atoms with E-state index in [-0.39, 0.29) is 11.9 Å². The van der Waals surface area contributed by atoms with Gasteiger partial charge in [-0.25, -0.2) is 0 Å². The van der Waals surface area contributed by atoms with Crippen molar-refractivity contribution in [1.29, 1.82) is 0 Å². The molecule has 1 atom stereocenters. The summed E-state index contributed by atoms with van der Waals surface area (Å²) >= 11 is 1.67. The van der Waals surface area contributed by atoms with Gasteiger partial charge in [0.05, 0.1) is 11.8 Å². The summed E-state index contributed by atoms with van der Waals surface area (Å²) in [5.41, 5.74) is 6.34. The van der Waals surface area contributed by atoms with Crippen LogP contribution in [0.1, 0.15) is 47.2 Å². The van der Waals surface area contributed by atoms with Gasteiger partial charge in [-0.05, 0) is 55.0 Å². The third-order valence-electron chi connectivity index (χ3n) is 4.43. The number of thioether (sulfide) groups is 1. The molecule has 0 fully saturated rings. The monoisotopic (exact) mass is 341 g/mol. The first-order valence-corrected chi connectivity index (χ1v) is 9.65. The quantitative estimate of drug-likeness (QED) is 0.758. The Morgan fingerprint density at radius 2 is 1.79 bits per heavy atom. The second-order valence-corrected chi connectivity index (χ2v) is 7.28. The van der Waals surface area contributed by atoms with Crippen LogP contribution < -0.4 is 5.32 Å². The molecule has 2 aromatic rings. The standard InChI is InChI=1S/C21H27NOS/c1-5-20(18-11-10-15(2)17(4)12-18)22-21(23)14-24-13-19-9-7-6-8-16(19)3/h6-12,20H,5,13-14H2,1-4H3,(H,22,23)/t20-/m0/s1. The molecule has 0 spiro atoms. The Morgan fingerprint density at radius 3 is 2.46 bits per heavy atom. The van der Waals surface area contributed by atoms with Gasteiger partial charge < -0.3 is 5.32 Å². The average Bonchev–Trinajstić information content (AvgIpc) is 2.57. The van der Waals surface area contributed by atoms with Gasteiger partial charge in [0.25, 0.3) is 0 Å². The lowest BCUT2D eigenvalue weighted by atomic mass is 9.99. The smallest absolute Gasteiger partial charge is 0.230 e. The number of aryl methyl sites for hydroxylation is 3. The molecule has 1 N–H and O–H groups in total. The minimum Gasteiger partial charge on any atom is -0.349 e. The third-order valence-corrected chi connectivity index (χ3v) is 5.41. The van der Waals surface area contributed by atoms with E-state index in [9.17, 15) is 4.79 Å². The number of benzene rings is 2. The van der Waals surface area contributed by atoms with E-state index in [1.54, 1.807) is 11.8 Å². The molecular formula is C21H27NOS. The van der Waals surface area contributed by atoms with Gasteiger partial charge in [-0.3, -0.25) is 4.79 Å². The largest absolute Gasteiger partial charge is 0.349 e. The summed E-state index contributed by atoms with van der Waals surface area (Å²) in [6, 6.07) is 14.9. The Kier molecular flexibility index (Phi) is 6.92. The summed E-state index contributed by atoms with van der Waals surface area (Å²) in [5.74, 6) is 1.48. The highest BCUT2D eigenvalue weighted by Gasteiger charge is 2.13. The van der Waals surface area contributed by atoms with Crippen molar-refractivity contribution >= 4 is 17.7 Å². The number of nitrogens with one attached hydrogen (secondary N) is 1. The van der Waals surface area contributed by atoms with Crippen molar-refractivity contribution < 1.29 is 4.79 Å². The molecule has 2 rings (SSSR count). The number of amides is 1.